The van der Waals surface area contributed by atoms with Crippen molar-refractivity contribution in [3.05, 3.63) is 62.3 Å². The number of thiophene rings is 1. The second-order valence-electron chi connectivity index (χ2n) is 9.41. The highest BCUT2D eigenvalue weighted by atomic mass is 32.1. The summed E-state index contributed by atoms with van der Waals surface area (Å²) in [7, 11) is 0. The molecule has 1 aliphatic rings. The number of halogens is 1. The van der Waals surface area contributed by atoms with Crippen molar-refractivity contribution in [1.29, 1.82) is 0 Å². The van der Waals surface area contributed by atoms with E-state index < -0.39 is 0 Å². The Kier molecular flexibility index (Phi) is 5.97. The molecule has 0 saturated carbocycles. The quantitative estimate of drug-likeness (QED) is 0.611. The average molecular weight is 442 g/mol. The van der Waals surface area contributed by atoms with Gasteiger partial charge in [-0.15, -0.1) is 11.3 Å². The standard InChI is InChI=1S/C24H28FN3O2S/c1-24(2,3)15-6-9-17-18(12-15)31-23-21(17)22(30)27-19(28-23)10-11-20(29)26-13-14-4-7-16(25)8-5-14/h4-5,7-8,15H,6,9-13H2,1-3H3,(H,26,29)(H,27,28,30)/t15-/m1/s1. The predicted molar refractivity (Wildman–Crippen MR) is 122 cm³/mol. The molecule has 0 aliphatic heterocycles. The predicted octanol–water partition coefficient (Wildman–Crippen LogP) is 4.52. The van der Waals surface area contributed by atoms with E-state index in [1.54, 1.807) is 23.5 Å². The monoisotopic (exact) mass is 441 g/mol. The molecule has 5 nitrogen and oxygen atoms in total. The van der Waals surface area contributed by atoms with Gasteiger partial charge in [-0.2, -0.15) is 0 Å². The molecule has 0 bridgehead atoms. The lowest BCUT2D eigenvalue weighted by atomic mass is 9.72. The maximum absolute atomic E-state index is 13.0. The maximum Gasteiger partial charge on any atom is 0.259 e. The zero-order chi connectivity index (χ0) is 22.2. The normalized spacial score (nSPS) is 16.3. The van der Waals surface area contributed by atoms with Gasteiger partial charge in [-0.25, -0.2) is 9.37 Å². The van der Waals surface area contributed by atoms with Crippen LogP contribution in [-0.2, 0) is 30.6 Å². The van der Waals surface area contributed by atoms with Crippen LogP contribution < -0.4 is 10.9 Å². The molecule has 1 aliphatic carbocycles. The SMILES string of the molecule is CC(C)(C)[C@@H]1CCc2c(sc3nc(CCC(=O)NCc4ccc(F)cc4)[nH]c(=O)c23)C1. The third-order valence-corrected chi connectivity index (χ3v) is 7.33. The highest BCUT2D eigenvalue weighted by Crippen LogP contribution is 2.41. The third-order valence-electron chi connectivity index (χ3n) is 6.18. The van der Waals surface area contributed by atoms with E-state index in [1.807, 2.05) is 0 Å². The van der Waals surface area contributed by atoms with Crippen LogP contribution in [0.25, 0.3) is 10.2 Å². The highest BCUT2D eigenvalue weighted by Gasteiger charge is 2.31. The number of fused-ring (bicyclic) bond motifs is 3. The van der Waals surface area contributed by atoms with E-state index in [4.69, 9.17) is 0 Å². The van der Waals surface area contributed by atoms with Crippen molar-refractivity contribution in [1.82, 2.24) is 15.3 Å². The summed E-state index contributed by atoms with van der Waals surface area (Å²) in [5.41, 5.74) is 2.15. The first kappa shape index (κ1) is 21.7. The number of hydrogen-bond acceptors (Lipinski definition) is 4. The number of amides is 1. The number of carbonyl (C=O) groups excluding carboxylic acids is 1. The summed E-state index contributed by atoms with van der Waals surface area (Å²) < 4.78 is 13.0. The van der Waals surface area contributed by atoms with Gasteiger partial charge in [-0.05, 0) is 53.9 Å². The molecule has 0 radical (unpaired) electrons. The Morgan fingerprint density at radius 1 is 1.29 bits per heavy atom. The lowest BCUT2D eigenvalue weighted by Gasteiger charge is -2.33. The summed E-state index contributed by atoms with van der Waals surface area (Å²) in [5, 5.41) is 3.55. The molecule has 1 atom stereocenters. The van der Waals surface area contributed by atoms with E-state index in [0.29, 0.717) is 24.7 Å². The van der Waals surface area contributed by atoms with E-state index >= 15 is 0 Å². The fourth-order valence-corrected chi connectivity index (χ4v) is 5.53. The van der Waals surface area contributed by atoms with Crippen LogP contribution in [0.15, 0.2) is 29.1 Å². The lowest BCUT2D eigenvalue weighted by molar-refractivity contribution is -0.121. The molecule has 2 heterocycles. The van der Waals surface area contributed by atoms with Crippen LogP contribution in [0.3, 0.4) is 0 Å². The number of hydrogen-bond donors (Lipinski definition) is 2. The number of H-pyrrole nitrogens is 1. The summed E-state index contributed by atoms with van der Waals surface area (Å²) in [5.74, 6) is 0.715. The fraction of sp³-hybridized carbons (Fsp3) is 0.458. The van der Waals surface area contributed by atoms with Gasteiger partial charge in [0.25, 0.3) is 5.56 Å². The fourth-order valence-electron chi connectivity index (χ4n) is 4.21. The minimum absolute atomic E-state index is 0.0987. The molecule has 4 rings (SSSR count). The molecule has 2 aromatic heterocycles. The molecular weight excluding hydrogens is 413 g/mol. The van der Waals surface area contributed by atoms with E-state index in [0.717, 1.165) is 40.6 Å². The lowest BCUT2D eigenvalue weighted by Crippen LogP contribution is -2.26. The Morgan fingerprint density at radius 2 is 2.03 bits per heavy atom. The van der Waals surface area contributed by atoms with E-state index in [9.17, 15) is 14.0 Å². The van der Waals surface area contributed by atoms with Gasteiger partial charge in [-0.1, -0.05) is 32.9 Å². The Hall–Kier alpha value is -2.54. The topological polar surface area (TPSA) is 74.8 Å². The molecule has 31 heavy (non-hydrogen) atoms. The van der Waals surface area contributed by atoms with Gasteiger partial charge in [0.2, 0.25) is 5.91 Å². The number of benzene rings is 1. The molecule has 1 amide bonds. The largest absolute Gasteiger partial charge is 0.352 e. The van der Waals surface area contributed by atoms with Gasteiger partial charge in [0.05, 0.1) is 5.39 Å². The van der Waals surface area contributed by atoms with Gasteiger partial charge in [0, 0.05) is 24.3 Å². The first-order valence-corrected chi connectivity index (χ1v) is 11.6. The Balaban J connectivity index is 1.43. The Labute approximate surface area is 185 Å². The first-order valence-electron chi connectivity index (χ1n) is 10.8. The summed E-state index contributed by atoms with van der Waals surface area (Å²) in [6, 6.07) is 6.03. The van der Waals surface area contributed by atoms with Crippen LogP contribution >= 0.6 is 11.3 Å². The maximum atomic E-state index is 13.0. The molecule has 2 N–H and O–H groups in total. The van der Waals surface area contributed by atoms with Crippen LogP contribution in [-0.4, -0.2) is 15.9 Å². The minimum atomic E-state index is -0.301. The Bertz CT molecular complexity index is 1160. The number of nitrogens with zero attached hydrogens (tertiary/aromatic N) is 1. The molecule has 0 unspecified atom stereocenters. The van der Waals surface area contributed by atoms with Gasteiger partial charge >= 0.3 is 0 Å². The number of aromatic amines is 1. The molecule has 164 valence electrons. The second-order valence-corrected chi connectivity index (χ2v) is 10.5. The first-order chi connectivity index (χ1) is 14.7. The second kappa shape index (κ2) is 8.54. The van der Waals surface area contributed by atoms with Gasteiger partial charge in [0.1, 0.15) is 16.5 Å². The van der Waals surface area contributed by atoms with Crippen LogP contribution in [0.1, 0.15) is 55.4 Å². The summed E-state index contributed by atoms with van der Waals surface area (Å²) in [4.78, 5) is 34.6. The molecule has 0 fully saturated rings. The third kappa shape index (κ3) is 4.87. The number of aromatic nitrogens is 2. The molecular formula is C24H28FN3O2S. The van der Waals surface area contributed by atoms with E-state index in [1.165, 1.54) is 17.0 Å². The van der Waals surface area contributed by atoms with Crippen LogP contribution in [0, 0.1) is 17.2 Å². The van der Waals surface area contributed by atoms with Gasteiger partial charge in [0.15, 0.2) is 0 Å². The molecule has 1 aromatic carbocycles. The molecule has 3 aromatic rings. The van der Waals surface area contributed by atoms with Crippen LogP contribution in [0.4, 0.5) is 4.39 Å². The van der Waals surface area contributed by atoms with Crippen molar-refractivity contribution in [2.24, 2.45) is 11.3 Å². The van der Waals surface area contributed by atoms with Crippen molar-refractivity contribution in [3.8, 4) is 0 Å². The van der Waals surface area contributed by atoms with Gasteiger partial charge in [-0.3, -0.25) is 9.59 Å². The zero-order valence-electron chi connectivity index (χ0n) is 18.2. The highest BCUT2D eigenvalue weighted by molar-refractivity contribution is 7.18. The number of nitrogens with one attached hydrogen (secondary N) is 2. The molecule has 7 heteroatoms. The van der Waals surface area contributed by atoms with Gasteiger partial charge < -0.3 is 10.3 Å². The average Bonchev–Trinajstić information content (AvgIpc) is 3.09. The van der Waals surface area contributed by atoms with E-state index in [2.05, 4.69) is 36.1 Å². The summed E-state index contributed by atoms with van der Waals surface area (Å²) in [6.07, 6.45) is 3.62. The zero-order valence-corrected chi connectivity index (χ0v) is 19.0. The summed E-state index contributed by atoms with van der Waals surface area (Å²) in [6.45, 7) is 7.18. The van der Waals surface area contributed by atoms with E-state index in [-0.39, 0.29) is 29.1 Å². The smallest absolute Gasteiger partial charge is 0.259 e. The van der Waals surface area contributed by atoms with Crippen molar-refractivity contribution in [2.45, 2.75) is 59.4 Å². The number of carbonyl (C=O) groups is 1. The molecule has 0 spiro atoms. The van der Waals surface area contributed by atoms with Crippen LogP contribution in [0.5, 0.6) is 0 Å². The van der Waals surface area contributed by atoms with Crippen molar-refractivity contribution in [3.63, 3.8) is 0 Å². The number of rotatable bonds is 5. The minimum Gasteiger partial charge on any atom is -0.352 e. The molecule has 0 saturated heterocycles. The summed E-state index contributed by atoms with van der Waals surface area (Å²) >= 11 is 1.63. The Morgan fingerprint density at radius 3 is 2.74 bits per heavy atom. The number of aryl methyl sites for hydroxylation is 2. The van der Waals surface area contributed by atoms with Crippen LogP contribution in [0.2, 0.25) is 0 Å². The van der Waals surface area contributed by atoms with Crippen molar-refractivity contribution >= 4 is 27.5 Å². The van der Waals surface area contributed by atoms with Crippen molar-refractivity contribution < 1.29 is 9.18 Å². The van der Waals surface area contributed by atoms with Crippen molar-refractivity contribution in [2.75, 3.05) is 0 Å².